The molecule has 0 unspecified atom stereocenters. The van der Waals surface area contributed by atoms with Crippen LogP contribution in [0.4, 0.5) is 11.6 Å². The zero-order valence-electron chi connectivity index (χ0n) is 19.4. The lowest BCUT2D eigenvalue weighted by molar-refractivity contribution is 0.282. The van der Waals surface area contributed by atoms with Crippen LogP contribution in [0.15, 0.2) is 59.5 Å². The second kappa shape index (κ2) is 9.96. The van der Waals surface area contributed by atoms with Gasteiger partial charge >= 0.3 is 0 Å². The Morgan fingerprint density at radius 2 is 1.70 bits per heavy atom. The normalized spacial score (nSPS) is 11.2. The first kappa shape index (κ1) is 22.7. The number of aliphatic hydroxyl groups excluding tert-OH is 1. The molecule has 6 nitrogen and oxygen atoms in total. The van der Waals surface area contributed by atoms with Gasteiger partial charge in [0.25, 0.3) is 5.56 Å². The highest BCUT2D eigenvalue weighted by atomic mass is 16.3. The summed E-state index contributed by atoms with van der Waals surface area (Å²) in [5, 5.41) is 13.3. The number of fused-ring (bicyclic) bond motifs is 1. The molecule has 4 aromatic rings. The van der Waals surface area contributed by atoms with Crippen molar-refractivity contribution in [3.05, 3.63) is 81.8 Å². The fourth-order valence-electron chi connectivity index (χ4n) is 4.32. The summed E-state index contributed by atoms with van der Waals surface area (Å²) >= 11 is 0. The first-order valence-electron chi connectivity index (χ1n) is 11.5. The lowest BCUT2D eigenvalue weighted by Crippen LogP contribution is -2.21. The summed E-state index contributed by atoms with van der Waals surface area (Å²) in [5.74, 6) is 0.401. The molecule has 0 atom stereocenters. The Bertz CT molecular complexity index is 1320. The van der Waals surface area contributed by atoms with Crippen molar-refractivity contribution in [3.63, 3.8) is 0 Å². The van der Waals surface area contributed by atoms with Crippen molar-refractivity contribution >= 4 is 22.7 Å². The first-order chi connectivity index (χ1) is 16.0. The summed E-state index contributed by atoms with van der Waals surface area (Å²) in [7, 11) is 1.76. The lowest BCUT2D eigenvalue weighted by atomic mass is 9.90. The summed E-state index contributed by atoms with van der Waals surface area (Å²) in [6, 6.07) is 15.7. The molecule has 0 fully saturated rings. The predicted molar refractivity (Wildman–Crippen MR) is 134 cm³/mol. The van der Waals surface area contributed by atoms with Gasteiger partial charge in [-0.25, -0.2) is 4.98 Å². The number of anilines is 2. The topological polar surface area (TPSA) is 80.0 Å². The van der Waals surface area contributed by atoms with Crippen LogP contribution in [-0.4, -0.2) is 19.6 Å². The van der Waals surface area contributed by atoms with Crippen molar-refractivity contribution in [2.45, 2.75) is 46.1 Å². The second-order valence-electron chi connectivity index (χ2n) is 8.33. The van der Waals surface area contributed by atoms with Gasteiger partial charge in [0.2, 0.25) is 5.95 Å². The average Bonchev–Trinajstić information content (AvgIpc) is 2.83. The monoisotopic (exact) mass is 442 g/mol. The molecule has 6 heteroatoms. The van der Waals surface area contributed by atoms with Crippen molar-refractivity contribution in [1.82, 2.24) is 14.5 Å². The third-order valence-corrected chi connectivity index (χ3v) is 5.86. The Labute approximate surface area is 194 Å². The molecule has 170 valence electrons. The standard InChI is InChI=1S/C27H30N4O2/c1-4-8-19-11-7-12-20(9-5-2)24(19)23-15-21-16-28-27(30-25(21)31(3)26(23)33)29-22-13-6-10-18(14-22)17-32/h6-7,10-16,32H,4-5,8-9,17H2,1-3H3,(H,28,29,30). The van der Waals surface area contributed by atoms with Gasteiger partial charge in [0.15, 0.2) is 0 Å². The third kappa shape index (κ3) is 4.66. The minimum Gasteiger partial charge on any atom is -0.392 e. The van der Waals surface area contributed by atoms with Crippen LogP contribution in [0.25, 0.3) is 22.2 Å². The number of hydrogen-bond donors (Lipinski definition) is 2. The maximum atomic E-state index is 13.5. The van der Waals surface area contributed by atoms with Crippen molar-refractivity contribution in [1.29, 1.82) is 0 Å². The molecule has 2 aromatic heterocycles. The highest BCUT2D eigenvalue weighted by molar-refractivity contribution is 5.83. The third-order valence-electron chi connectivity index (χ3n) is 5.86. The maximum Gasteiger partial charge on any atom is 0.259 e. The highest BCUT2D eigenvalue weighted by Gasteiger charge is 2.17. The van der Waals surface area contributed by atoms with Crippen molar-refractivity contribution in [3.8, 4) is 11.1 Å². The number of aliphatic hydroxyl groups is 1. The van der Waals surface area contributed by atoms with E-state index < -0.39 is 0 Å². The molecule has 2 aromatic carbocycles. The molecule has 2 N–H and O–H groups in total. The van der Waals surface area contributed by atoms with Crippen LogP contribution in [0.3, 0.4) is 0 Å². The van der Waals surface area contributed by atoms with Crippen LogP contribution >= 0.6 is 0 Å². The van der Waals surface area contributed by atoms with Gasteiger partial charge in [-0.1, -0.05) is 57.0 Å². The predicted octanol–water partition coefficient (Wildman–Crippen LogP) is 5.14. The Morgan fingerprint density at radius 3 is 2.36 bits per heavy atom. The van der Waals surface area contributed by atoms with E-state index in [4.69, 9.17) is 0 Å². The number of hydrogen-bond acceptors (Lipinski definition) is 5. The van der Waals surface area contributed by atoms with Gasteiger partial charge < -0.3 is 10.4 Å². The van der Waals surface area contributed by atoms with Gasteiger partial charge in [-0.3, -0.25) is 9.36 Å². The molecule has 0 amide bonds. The number of nitrogens with one attached hydrogen (secondary N) is 1. The van der Waals surface area contributed by atoms with E-state index in [0.717, 1.165) is 47.9 Å². The Morgan fingerprint density at radius 1 is 1.00 bits per heavy atom. The van der Waals surface area contributed by atoms with Crippen molar-refractivity contribution in [2.75, 3.05) is 5.32 Å². The number of benzene rings is 2. The smallest absolute Gasteiger partial charge is 0.259 e. The number of rotatable bonds is 8. The molecule has 0 saturated carbocycles. The van der Waals surface area contributed by atoms with Crippen LogP contribution in [-0.2, 0) is 26.5 Å². The van der Waals surface area contributed by atoms with E-state index in [9.17, 15) is 9.90 Å². The minimum absolute atomic E-state index is 0.0368. The first-order valence-corrected chi connectivity index (χ1v) is 11.5. The minimum atomic E-state index is -0.0599. The molecule has 0 aliphatic carbocycles. The Kier molecular flexibility index (Phi) is 6.84. The average molecular weight is 443 g/mol. The fraction of sp³-hybridized carbons (Fsp3) is 0.296. The largest absolute Gasteiger partial charge is 0.392 e. The molecular formula is C27H30N4O2. The molecule has 0 aliphatic rings. The molecule has 2 heterocycles. The SMILES string of the molecule is CCCc1cccc(CCC)c1-c1cc2cnc(Nc3cccc(CO)c3)nc2n(C)c1=O. The van der Waals surface area contributed by atoms with Crippen molar-refractivity contribution in [2.24, 2.45) is 7.05 Å². The van der Waals surface area contributed by atoms with Gasteiger partial charge in [0, 0.05) is 29.9 Å². The second-order valence-corrected chi connectivity index (χ2v) is 8.33. The van der Waals surface area contributed by atoms with E-state index in [-0.39, 0.29) is 12.2 Å². The molecule has 0 saturated heterocycles. The summed E-state index contributed by atoms with van der Waals surface area (Å²) in [6.07, 6.45) is 5.66. The zero-order chi connectivity index (χ0) is 23.4. The zero-order valence-corrected chi connectivity index (χ0v) is 19.4. The van der Waals surface area contributed by atoms with Gasteiger partial charge in [0.05, 0.1) is 6.61 Å². The number of aryl methyl sites for hydroxylation is 3. The molecule has 33 heavy (non-hydrogen) atoms. The Balaban J connectivity index is 1.82. The van der Waals surface area contributed by atoms with E-state index in [1.54, 1.807) is 17.8 Å². The van der Waals surface area contributed by atoms with Gasteiger partial charge in [-0.15, -0.1) is 0 Å². The fourth-order valence-corrected chi connectivity index (χ4v) is 4.32. The van der Waals surface area contributed by atoms with E-state index in [0.29, 0.717) is 17.2 Å². The van der Waals surface area contributed by atoms with Crippen LogP contribution in [0, 0.1) is 0 Å². The van der Waals surface area contributed by atoms with Crippen LogP contribution in [0.1, 0.15) is 43.4 Å². The van der Waals surface area contributed by atoms with Crippen LogP contribution in [0.2, 0.25) is 0 Å². The number of nitrogens with zero attached hydrogens (tertiary/aromatic N) is 3. The number of aromatic nitrogens is 3. The molecule has 0 spiro atoms. The quantitative estimate of drug-likeness (QED) is 0.395. The molecule has 4 rings (SSSR count). The van der Waals surface area contributed by atoms with Crippen LogP contribution < -0.4 is 10.9 Å². The summed E-state index contributed by atoms with van der Waals surface area (Å²) < 4.78 is 1.61. The summed E-state index contributed by atoms with van der Waals surface area (Å²) in [6.45, 7) is 4.28. The number of pyridine rings is 1. The highest BCUT2D eigenvalue weighted by Crippen LogP contribution is 2.29. The van der Waals surface area contributed by atoms with Gasteiger partial charge in [-0.2, -0.15) is 4.98 Å². The summed E-state index contributed by atoms with van der Waals surface area (Å²) in [5.41, 5.74) is 6.28. The van der Waals surface area contributed by atoms with Gasteiger partial charge in [-0.05, 0) is 53.3 Å². The lowest BCUT2D eigenvalue weighted by Gasteiger charge is -2.16. The van der Waals surface area contributed by atoms with Crippen LogP contribution in [0.5, 0.6) is 0 Å². The molecule has 0 aliphatic heterocycles. The van der Waals surface area contributed by atoms with E-state index in [1.165, 1.54) is 11.1 Å². The van der Waals surface area contributed by atoms with E-state index in [2.05, 4.69) is 47.3 Å². The van der Waals surface area contributed by atoms with E-state index >= 15 is 0 Å². The van der Waals surface area contributed by atoms with Gasteiger partial charge in [0.1, 0.15) is 5.65 Å². The maximum absolute atomic E-state index is 13.5. The van der Waals surface area contributed by atoms with E-state index in [1.807, 2.05) is 30.3 Å². The Hall–Kier alpha value is -3.51. The summed E-state index contributed by atoms with van der Waals surface area (Å²) in [4.78, 5) is 22.6. The molecule has 0 bridgehead atoms. The molecule has 0 radical (unpaired) electrons. The van der Waals surface area contributed by atoms with Crippen molar-refractivity contribution < 1.29 is 5.11 Å². The molecular weight excluding hydrogens is 412 g/mol.